The molecule has 264 valence electrons. The van der Waals surface area contributed by atoms with Gasteiger partial charge in [0.25, 0.3) is 0 Å². The molecule has 0 unspecified atom stereocenters. The number of aromatic nitrogens is 1. The van der Waals surface area contributed by atoms with Crippen molar-refractivity contribution >= 4 is 28.7 Å². The molecule has 4 aliphatic rings. The second-order valence-electron chi connectivity index (χ2n) is 14.5. The molecule has 0 radical (unpaired) electrons. The molecule has 2 saturated heterocycles. The van der Waals surface area contributed by atoms with Crippen molar-refractivity contribution in [3.8, 4) is 22.8 Å². The van der Waals surface area contributed by atoms with E-state index in [9.17, 15) is 19.5 Å². The lowest BCUT2D eigenvalue weighted by atomic mass is 9.82. The summed E-state index contributed by atoms with van der Waals surface area (Å²) in [4.78, 5) is 50.4. The van der Waals surface area contributed by atoms with Gasteiger partial charge >= 0.3 is 5.97 Å². The van der Waals surface area contributed by atoms with E-state index in [0.717, 1.165) is 74.7 Å². The number of methoxy groups -OCH3 is 1. The number of pyridine rings is 1. The van der Waals surface area contributed by atoms with E-state index in [1.807, 2.05) is 54.6 Å². The number of carbonyl (C=O) groups excluding carboxylic acids is 2. The van der Waals surface area contributed by atoms with Crippen molar-refractivity contribution in [3.05, 3.63) is 67.3 Å². The maximum absolute atomic E-state index is 14.9. The average molecular weight is 681 g/mol. The fraction of sp³-hybridized carbons (Fsp3) is 0.500. The summed E-state index contributed by atoms with van der Waals surface area (Å²) in [5.74, 6) is -0.435. The molecule has 1 aromatic heterocycles. The van der Waals surface area contributed by atoms with Crippen LogP contribution >= 0.6 is 0 Å². The minimum absolute atomic E-state index is 0.0419. The Kier molecular flexibility index (Phi) is 9.82. The summed E-state index contributed by atoms with van der Waals surface area (Å²) in [5.41, 5.74) is 0.972. The summed E-state index contributed by atoms with van der Waals surface area (Å²) >= 11 is 0. The number of fused-ring (bicyclic) bond motifs is 1. The van der Waals surface area contributed by atoms with Gasteiger partial charge in [-0.1, -0.05) is 62.1 Å². The van der Waals surface area contributed by atoms with Gasteiger partial charge < -0.3 is 24.8 Å². The highest BCUT2D eigenvalue weighted by Gasteiger charge is 2.61. The number of carbonyl (C=O) groups is 3. The quantitative estimate of drug-likeness (QED) is 0.243. The smallest absolute Gasteiger partial charge is 0.330 e. The van der Waals surface area contributed by atoms with E-state index in [0.29, 0.717) is 17.0 Å². The molecule has 10 heteroatoms. The van der Waals surface area contributed by atoms with Crippen molar-refractivity contribution in [1.29, 1.82) is 0 Å². The molecule has 2 amide bonds. The lowest BCUT2D eigenvalue weighted by Crippen LogP contribution is -2.58. The van der Waals surface area contributed by atoms with Crippen LogP contribution in [0.1, 0.15) is 64.2 Å². The molecule has 50 heavy (non-hydrogen) atoms. The predicted octanol–water partition coefficient (Wildman–Crippen LogP) is 5.84. The van der Waals surface area contributed by atoms with Gasteiger partial charge in [0, 0.05) is 35.4 Å². The number of amides is 2. The molecule has 2 aliphatic carbocycles. The van der Waals surface area contributed by atoms with Crippen LogP contribution < -0.4 is 14.8 Å². The monoisotopic (exact) mass is 680 g/mol. The Morgan fingerprint density at radius 1 is 1.02 bits per heavy atom. The minimum Gasteiger partial charge on any atom is -0.497 e. The largest absolute Gasteiger partial charge is 0.497 e. The Balaban J connectivity index is 1.23. The van der Waals surface area contributed by atoms with Crippen LogP contribution in [-0.4, -0.2) is 88.1 Å². The van der Waals surface area contributed by atoms with Crippen molar-refractivity contribution in [2.24, 2.45) is 11.8 Å². The molecule has 5 atom stereocenters. The number of ether oxygens (including phenoxy) is 2. The summed E-state index contributed by atoms with van der Waals surface area (Å²) in [6.45, 7) is 5.74. The van der Waals surface area contributed by atoms with Crippen LogP contribution in [-0.2, 0) is 14.4 Å². The fourth-order valence-electron chi connectivity index (χ4n) is 8.50. The third-order valence-corrected chi connectivity index (χ3v) is 11.4. The molecule has 10 nitrogen and oxygen atoms in total. The van der Waals surface area contributed by atoms with Crippen LogP contribution in [0.5, 0.6) is 11.5 Å². The lowest BCUT2D eigenvalue weighted by Gasteiger charge is -2.42. The molecule has 2 aliphatic heterocycles. The highest BCUT2D eigenvalue weighted by atomic mass is 16.5. The molecule has 3 heterocycles. The number of piperidine rings is 1. The third kappa shape index (κ3) is 6.70. The van der Waals surface area contributed by atoms with E-state index in [-0.39, 0.29) is 43.2 Å². The maximum atomic E-state index is 14.9. The number of rotatable bonds is 11. The van der Waals surface area contributed by atoms with Crippen LogP contribution in [0.4, 0.5) is 0 Å². The normalized spacial score (nSPS) is 26.3. The fourth-order valence-corrected chi connectivity index (χ4v) is 8.50. The molecule has 0 spiro atoms. The zero-order chi connectivity index (χ0) is 34.8. The van der Waals surface area contributed by atoms with Crippen LogP contribution in [0.25, 0.3) is 22.2 Å². The molecule has 2 saturated carbocycles. The summed E-state index contributed by atoms with van der Waals surface area (Å²) in [6, 6.07) is 16.3. The summed E-state index contributed by atoms with van der Waals surface area (Å²) in [5, 5.41) is 13.8. The van der Waals surface area contributed by atoms with Crippen LogP contribution in [0.3, 0.4) is 0 Å². The first-order chi connectivity index (χ1) is 24.3. The number of aliphatic carboxylic acids is 1. The zero-order valence-electron chi connectivity index (χ0n) is 28.9. The molecule has 2 N–H and O–H groups in total. The molecule has 4 fully saturated rings. The van der Waals surface area contributed by atoms with Gasteiger partial charge in [-0.2, -0.15) is 0 Å². The van der Waals surface area contributed by atoms with Crippen LogP contribution in [0.15, 0.2) is 67.3 Å². The number of nitrogens with one attached hydrogen (secondary N) is 1. The van der Waals surface area contributed by atoms with E-state index >= 15 is 0 Å². The minimum atomic E-state index is -1.40. The molecule has 7 rings (SSSR count). The molecular formula is C40H48N4O6. The number of nitrogens with zero attached hydrogens (tertiary/aromatic N) is 3. The number of carboxylic acids is 1. The summed E-state index contributed by atoms with van der Waals surface area (Å²) in [6.07, 6.45) is 10.2. The first-order valence-electron chi connectivity index (χ1n) is 18.2. The number of likely N-dealkylation sites (tertiary alicyclic amines) is 2. The van der Waals surface area contributed by atoms with Gasteiger partial charge in [0.1, 0.15) is 29.2 Å². The van der Waals surface area contributed by atoms with Gasteiger partial charge in [-0.3, -0.25) is 14.5 Å². The second-order valence-corrected chi connectivity index (χ2v) is 14.5. The van der Waals surface area contributed by atoms with Gasteiger partial charge in [0.2, 0.25) is 11.8 Å². The highest BCUT2D eigenvalue weighted by molar-refractivity contribution is 5.96. The SMILES string of the molecule is C=C[C@H]1C[C@]1(NC(=O)[C@@H]1C[C@@H](Oc2cc(-c3ccccc3)nc3cc(OC)ccc23)CN1C(=O)[C@H](C1CCCCC1)N1CCCCC1)C(=O)O. The van der Waals surface area contributed by atoms with Gasteiger partial charge in [-0.25, -0.2) is 9.78 Å². The van der Waals surface area contributed by atoms with E-state index < -0.39 is 29.6 Å². The van der Waals surface area contributed by atoms with Crippen LogP contribution in [0, 0.1) is 11.8 Å². The van der Waals surface area contributed by atoms with Gasteiger partial charge in [-0.05, 0) is 63.2 Å². The number of hydrogen-bond acceptors (Lipinski definition) is 7. The maximum Gasteiger partial charge on any atom is 0.330 e. The Hall–Kier alpha value is -4.44. The summed E-state index contributed by atoms with van der Waals surface area (Å²) in [7, 11) is 1.62. The van der Waals surface area contributed by atoms with E-state index in [4.69, 9.17) is 14.5 Å². The van der Waals surface area contributed by atoms with Gasteiger partial charge in [0.15, 0.2) is 0 Å². The van der Waals surface area contributed by atoms with Crippen molar-refractivity contribution < 1.29 is 29.0 Å². The highest BCUT2D eigenvalue weighted by Crippen LogP contribution is 2.45. The zero-order valence-corrected chi connectivity index (χ0v) is 28.9. The Bertz CT molecular complexity index is 1720. The number of benzene rings is 2. The van der Waals surface area contributed by atoms with Crippen LogP contribution in [0.2, 0.25) is 0 Å². The number of hydrogen-bond donors (Lipinski definition) is 2. The van der Waals surface area contributed by atoms with Gasteiger partial charge in [0.05, 0.1) is 30.9 Å². The molecule has 3 aromatic rings. The second kappa shape index (κ2) is 14.4. The standard InChI is InChI=1S/C40H48N4O6/c1-3-28-24-40(28,39(47)48)42-37(45)34-22-30(25-44(34)38(46)36(27-15-9-5-10-16-27)43-19-11-6-12-20-43)50-35-23-32(26-13-7-4-8-14-26)41-33-21-29(49-2)17-18-31(33)35/h3-4,7-8,13-14,17-18,21,23,27-28,30,34,36H,1,5-6,9-12,15-16,19-20,22,24-25H2,2H3,(H,42,45)(H,47,48)/t28-,30+,34-,36-,40+/m0/s1. The van der Waals surface area contributed by atoms with Crippen molar-refractivity contribution in [1.82, 2.24) is 20.1 Å². The first-order valence-corrected chi connectivity index (χ1v) is 18.2. The molecular weight excluding hydrogens is 632 g/mol. The predicted molar refractivity (Wildman–Crippen MR) is 191 cm³/mol. The van der Waals surface area contributed by atoms with E-state index in [2.05, 4.69) is 16.8 Å². The van der Waals surface area contributed by atoms with E-state index in [1.165, 1.54) is 6.42 Å². The Morgan fingerprint density at radius 3 is 2.44 bits per heavy atom. The Labute approximate surface area is 293 Å². The lowest BCUT2D eigenvalue weighted by molar-refractivity contribution is -0.147. The first kappa shape index (κ1) is 34.0. The average Bonchev–Trinajstić information content (AvgIpc) is 3.71. The Morgan fingerprint density at radius 2 is 1.76 bits per heavy atom. The van der Waals surface area contributed by atoms with E-state index in [1.54, 1.807) is 18.1 Å². The van der Waals surface area contributed by atoms with Crippen molar-refractivity contribution in [2.45, 2.75) is 87.9 Å². The molecule has 2 aromatic carbocycles. The van der Waals surface area contributed by atoms with Gasteiger partial charge in [-0.15, -0.1) is 6.58 Å². The third-order valence-electron chi connectivity index (χ3n) is 11.4. The van der Waals surface area contributed by atoms with Crippen molar-refractivity contribution in [3.63, 3.8) is 0 Å². The molecule has 0 bridgehead atoms. The van der Waals surface area contributed by atoms with Crippen molar-refractivity contribution in [2.75, 3.05) is 26.7 Å². The summed E-state index contributed by atoms with van der Waals surface area (Å²) < 4.78 is 12.3. The number of carboxylic acid groups (broad SMARTS) is 1. The topological polar surface area (TPSA) is 121 Å².